The van der Waals surface area contributed by atoms with Crippen molar-refractivity contribution in [3.05, 3.63) is 58.9 Å². The fourth-order valence-corrected chi connectivity index (χ4v) is 4.16. The van der Waals surface area contributed by atoms with Crippen LogP contribution in [0.25, 0.3) is 23.1 Å². The molecule has 1 aromatic heterocycles. The Morgan fingerprint density at radius 1 is 1.06 bits per heavy atom. The summed E-state index contributed by atoms with van der Waals surface area (Å²) in [5.41, 5.74) is 7.46. The Hall–Kier alpha value is -2.74. The van der Waals surface area contributed by atoms with Crippen LogP contribution in [-0.2, 0) is 0 Å². The highest BCUT2D eigenvalue weighted by molar-refractivity contribution is 6.30. The van der Waals surface area contributed by atoms with E-state index in [9.17, 15) is 0 Å². The van der Waals surface area contributed by atoms with Crippen LogP contribution in [0, 0.1) is 5.41 Å². The smallest absolute Gasteiger partial charge is 0.185 e. The maximum absolute atomic E-state index is 7.65. The minimum Gasteiger partial charge on any atom is -0.497 e. The molecule has 0 aliphatic heterocycles. The number of aromatic nitrogens is 2. The lowest BCUT2D eigenvalue weighted by atomic mass is 9.90. The van der Waals surface area contributed by atoms with E-state index >= 15 is 0 Å². The summed E-state index contributed by atoms with van der Waals surface area (Å²) in [6.45, 7) is 0. The molecule has 0 radical (unpaired) electrons. The lowest BCUT2D eigenvalue weighted by molar-refractivity contribution is 0.377. The fraction of sp³-hybridized carbons (Fsp3) is 0.292. The third-order valence-electron chi connectivity index (χ3n) is 5.64. The van der Waals surface area contributed by atoms with Crippen molar-refractivity contribution in [2.24, 2.45) is 5.73 Å². The van der Waals surface area contributed by atoms with Gasteiger partial charge in [0, 0.05) is 22.5 Å². The molecule has 0 spiro atoms. The zero-order chi connectivity index (χ0) is 22.5. The second-order valence-corrected chi connectivity index (χ2v) is 8.33. The first kappa shape index (κ1) is 27.5. The number of benzene rings is 2. The molecule has 1 saturated carbocycles. The Labute approximate surface area is 216 Å². The molecule has 0 bridgehead atoms. The van der Waals surface area contributed by atoms with E-state index in [4.69, 9.17) is 37.4 Å². The van der Waals surface area contributed by atoms with Gasteiger partial charge in [0.05, 0.1) is 12.6 Å². The van der Waals surface area contributed by atoms with Crippen LogP contribution in [0.15, 0.2) is 42.5 Å². The molecule has 10 heteroatoms. The van der Waals surface area contributed by atoms with E-state index in [1.165, 1.54) is 0 Å². The second kappa shape index (κ2) is 12.6. The highest BCUT2D eigenvalue weighted by Crippen LogP contribution is 2.29. The number of methoxy groups -OCH3 is 1. The van der Waals surface area contributed by atoms with Crippen LogP contribution in [-0.4, -0.2) is 35.1 Å². The van der Waals surface area contributed by atoms with E-state index in [0.29, 0.717) is 10.8 Å². The van der Waals surface area contributed by atoms with Gasteiger partial charge in [-0.3, -0.25) is 5.41 Å². The molecule has 0 saturated heterocycles. The number of fused-ring (bicyclic) bond motifs is 1. The Bertz CT molecular complexity index is 1140. The number of ether oxygens (including phenoxy) is 1. The summed E-state index contributed by atoms with van der Waals surface area (Å²) in [5.74, 6) is 2.08. The number of nitrogens with zero attached hydrogens (tertiary/aromatic N) is 2. The third kappa shape index (κ3) is 6.88. The third-order valence-corrected chi connectivity index (χ3v) is 5.90. The molecule has 1 aliphatic carbocycles. The molecular formula is C24H29Cl3N6O. The summed E-state index contributed by atoms with van der Waals surface area (Å²) >= 11 is 5.98. The standard InChI is InChI=1S/C24H27ClN6O.2ClH/c1-32-17-11-12-19-18(14-17)23(29-20-4-2-3-5-21(20)30-24(26)27)31-22(28-19)13-8-15-6-9-16(25)10-7-15;;/h6-14,20-21H,2-5H2,1H3,(H4,26,27,30)(H,28,29,31);2*1H/b13-8-;;/t20-,21+;;/m1../s1. The van der Waals surface area contributed by atoms with E-state index < -0.39 is 0 Å². The van der Waals surface area contributed by atoms with Gasteiger partial charge in [-0.15, -0.1) is 24.8 Å². The zero-order valence-electron chi connectivity index (χ0n) is 18.8. The predicted molar refractivity (Wildman–Crippen MR) is 146 cm³/mol. The quantitative estimate of drug-likeness (QED) is 0.250. The molecule has 7 nitrogen and oxygen atoms in total. The van der Waals surface area contributed by atoms with Crippen molar-refractivity contribution in [2.45, 2.75) is 37.8 Å². The molecule has 0 amide bonds. The van der Waals surface area contributed by atoms with Crippen molar-refractivity contribution >= 4 is 71.2 Å². The Balaban J connectivity index is 0.00000204. The summed E-state index contributed by atoms with van der Waals surface area (Å²) in [5, 5.41) is 15.9. The first-order chi connectivity index (χ1) is 15.5. The Morgan fingerprint density at radius 2 is 1.76 bits per heavy atom. The van der Waals surface area contributed by atoms with Gasteiger partial charge in [0.25, 0.3) is 0 Å². The van der Waals surface area contributed by atoms with Crippen molar-refractivity contribution in [1.82, 2.24) is 15.3 Å². The van der Waals surface area contributed by atoms with Crippen LogP contribution < -0.4 is 21.1 Å². The van der Waals surface area contributed by atoms with Gasteiger partial charge in [0.1, 0.15) is 11.6 Å². The van der Waals surface area contributed by atoms with Crippen molar-refractivity contribution in [1.29, 1.82) is 5.41 Å². The van der Waals surface area contributed by atoms with Crippen LogP contribution in [0.3, 0.4) is 0 Å². The Morgan fingerprint density at radius 3 is 2.44 bits per heavy atom. The van der Waals surface area contributed by atoms with Crippen LogP contribution in [0.4, 0.5) is 5.82 Å². The lowest BCUT2D eigenvalue weighted by Gasteiger charge is -2.33. The normalized spacial score (nSPS) is 17.5. The van der Waals surface area contributed by atoms with Gasteiger partial charge in [-0.05, 0) is 54.8 Å². The molecule has 5 N–H and O–H groups in total. The highest BCUT2D eigenvalue weighted by atomic mass is 35.5. The molecule has 2 atom stereocenters. The SMILES string of the molecule is COc1ccc2nc(/C=C\c3ccc(Cl)cc3)nc(N[C@@H]3CCCC[C@@H]3NC(=N)N)c2c1.Cl.Cl. The molecule has 1 aliphatic rings. The van der Waals surface area contributed by atoms with Gasteiger partial charge in [0.2, 0.25) is 0 Å². The maximum atomic E-state index is 7.65. The molecule has 182 valence electrons. The molecule has 1 fully saturated rings. The average molecular weight is 524 g/mol. The number of nitrogens with one attached hydrogen (secondary N) is 3. The number of hydrogen-bond acceptors (Lipinski definition) is 5. The number of hydrogen-bond donors (Lipinski definition) is 4. The van der Waals surface area contributed by atoms with E-state index in [0.717, 1.165) is 53.7 Å². The monoisotopic (exact) mass is 522 g/mol. The van der Waals surface area contributed by atoms with Crippen LogP contribution in [0.1, 0.15) is 37.1 Å². The molecule has 2 aromatic carbocycles. The van der Waals surface area contributed by atoms with Crippen molar-refractivity contribution in [3.8, 4) is 5.75 Å². The second-order valence-electron chi connectivity index (χ2n) is 7.90. The molecular weight excluding hydrogens is 495 g/mol. The van der Waals surface area contributed by atoms with Crippen LogP contribution in [0.2, 0.25) is 5.02 Å². The minimum absolute atomic E-state index is 0. The molecule has 1 heterocycles. The number of anilines is 1. The van der Waals surface area contributed by atoms with Crippen molar-refractivity contribution < 1.29 is 4.74 Å². The van der Waals surface area contributed by atoms with Gasteiger partial charge >= 0.3 is 0 Å². The summed E-state index contributed by atoms with van der Waals surface area (Å²) in [4.78, 5) is 9.53. The summed E-state index contributed by atoms with van der Waals surface area (Å²) in [6.07, 6.45) is 8.00. The lowest BCUT2D eigenvalue weighted by Crippen LogP contribution is -2.50. The predicted octanol–water partition coefficient (Wildman–Crippen LogP) is 5.51. The van der Waals surface area contributed by atoms with Gasteiger partial charge in [-0.1, -0.05) is 42.7 Å². The maximum Gasteiger partial charge on any atom is 0.185 e. The van der Waals surface area contributed by atoms with Crippen molar-refractivity contribution in [2.75, 3.05) is 12.4 Å². The largest absolute Gasteiger partial charge is 0.497 e. The Kier molecular flexibility index (Phi) is 10.2. The van der Waals surface area contributed by atoms with E-state index in [-0.39, 0.29) is 42.9 Å². The van der Waals surface area contributed by atoms with E-state index in [1.54, 1.807) is 7.11 Å². The molecule has 3 aromatic rings. The molecule has 0 unspecified atom stereocenters. The first-order valence-corrected chi connectivity index (χ1v) is 11.1. The first-order valence-electron chi connectivity index (χ1n) is 10.7. The van der Waals surface area contributed by atoms with E-state index in [2.05, 4.69) is 10.6 Å². The number of halogens is 3. The summed E-state index contributed by atoms with van der Waals surface area (Å²) in [7, 11) is 1.65. The average Bonchev–Trinajstić information content (AvgIpc) is 2.79. The van der Waals surface area contributed by atoms with Crippen LogP contribution in [0.5, 0.6) is 5.75 Å². The minimum atomic E-state index is -0.00972. The summed E-state index contributed by atoms with van der Waals surface area (Å²) in [6, 6.07) is 13.6. The van der Waals surface area contributed by atoms with E-state index in [1.807, 2.05) is 54.6 Å². The zero-order valence-corrected chi connectivity index (χ0v) is 21.1. The topological polar surface area (TPSA) is 109 Å². The molecule has 4 rings (SSSR count). The van der Waals surface area contributed by atoms with Gasteiger partial charge in [-0.25, -0.2) is 9.97 Å². The number of rotatable bonds is 6. The van der Waals surface area contributed by atoms with Crippen molar-refractivity contribution in [3.63, 3.8) is 0 Å². The van der Waals surface area contributed by atoms with Gasteiger partial charge in [0.15, 0.2) is 11.8 Å². The van der Waals surface area contributed by atoms with Gasteiger partial charge in [-0.2, -0.15) is 0 Å². The van der Waals surface area contributed by atoms with Crippen LogP contribution >= 0.6 is 36.4 Å². The summed E-state index contributed by atoms with van der Waals surface area (Å²) < 4.78 is 5.42. The fourth-order valence-electron chi connectivity index (χ4n) is 4.03. The number of guanidine groups is 1. The molecule has 34 heavy (non-hydrogen) atoms. The highest BCUT2D eigenvalue weighted by Gasteiger charge is 2.26. The van der Waals surface area contributed by atoms with Gasteiger partial charge < -0.3 is 21.1 Å². The number of nitrogens with two attached hydrogens (primary N) is 1.